The maximum atomic E-state index is 11.7. The first-order valence-corrected chi connectivity index (χ1v) is 11.6. The summed E-state index contributed by atoms with van der Waals surface area (Å²) in [6, 6.07) is 29.8. The van der Waals surface area contributed by atoms with Crippen LogP contribution in [0.2, 0.25) is 0 Å². The van der Waals surface area contributed by atoms with Crippen LogP contribution in [0.25, 0.3) is 41.6 Å². The third kappa shape index (κ3) is 4.96. The maximum Gasteiger partial charge on any atom is 2.00 e. The Hall–Kier alpha value is -3.12. The van der Waals surface area contributed by atoms with Gasteiger partial charge < -0.3 is 10.2 Å². The van der Waals surface area contributed by atoms with Gasteiger partial charge in [0, 0.05) is 11.1 Å². The number of benzene rings is 4. The van der Waals surface area contributed by atoms with E-state index in [0.717, 1.165) is 30.4 Å². The smallest absolute Gasteiger partial charge is 0.872 e. The molecular formula is C26H16N2O2S2Zn. The van der Waals surface area contributed by atoms with Gasteiger partial charge in [0.2, 0.25) is 0 Å². The van der Waals surface area contributed by atoms with Gasteiger partial charge in [0.25, 0.3) is 0 Å². The summed E-state index contributed by atoms with van der Waals surface area (Å²) in [6.07, 6.45) is 0. The van der Waals surface area contributed by atoms with Crippen molar-refractivity contribution in [3.8, 4) is 32.6 Å². The minimum Gasteiger partial charge on any atom is -0.872 e. The van der Waals surface area contributed by atoms with E-state index < -0.39 is 0 Å². The molecule has 0 aliphatic heterocycles. The molecule has 0 atom stereocenters. The molecule has 0 radical (unpaired) electrons. The molecule has 0 aliphatic rings. The molecule has 0 unspecified atom stereocenters. The van der Waals surface area contributed by atoms with Gasteiger partial charge in [0.1, 0.15) is 10.0 Å². The molecular weight excluding hydrogens is 502 g/mol. The van der Waals surface area contributed by atoms with E-state index in [1.165, 1.54) is 0 Å². The van der Waals surface area contributed by atoms with E-state index in [2.05, 4.69) is 9.97 Å². The zero-order chi connectivity index (χ0) is 21.9. The summed E-state index contributed by atoms with van der Waals surface area (Å²) >= 11 is 3.11. The fourth-order valence-corrected chi connectivity index (χ4v) is 5.25. The molecule has 0 aliphatic carbocycles. The number of rotatable bonds is 2. The Labute approximate surface area is 211 Å². The summed E-state index contributed by atoms with van der Waals surface area (Å²) in [5, 5.41) is 24.9. The molecule has 7 heteroatoms. The summed E-state index contributed by atoms with van der Waals surface area (Å²) in [6.45, 7) is 0. The molecule has 4 nitrogen and oxygen atoms in total. The average molecular weight is 518 g/mol. The number of hydrogen-bond donors (Lipinski definition) is 0. The monoisotopic (exact) mass is 516 g/mol. The number of nitrogens with zero attached hydrogens (tertiary/aromatic N) is 2. The molecule has 0 saturated heterocycles. The number of hydrogen-bond acceptors (Lipinski definition) is 6. The Kier molecular flexibility index (Phi) is 7.14. The minimum absolute atomic E-state index is 0. The van der Waals surface area contributed by atoms with Crippen LogP contribution in [0.5, 0.6) is 11.5 Å². The van der Waals surface area contributed by atoms with Crippen molar-refractivity contribution in [2.75, 3.05) is 0 Å². The van der Waals surface area contributed by atoms with Crippen LogP contribution in [0.3, 0.4) is 0 Å². The van der Waals surface area contributed by atoms with E-state index in [1.54, 1.807) is 46.9 Å². The summed E-state index contributed by atoms with van der Waals surface area (Å²) in [7, 11) is 0. The van der Waals surface area contributed by atoms with Crippen molar-refractivity contribution in [3.05, 3.63) is 97.1 Å². The van der Waals surface area contributed by atoms with E-state index in [4.69, 9.17) is 0 Å². The van der Waals surface area contributed by atoms with Crippen LogP contribution >= 0.6 is 22.7 Å². The quantitative estimate of drug-likeness (QED) is 0.261. The molecule has 2 aromatic heterocycles. The van der Waals surface area contributed by atoms with E-state index in [-0.39, 0.29) is 31.0 Å². The van der Waals surface area contributed by atoms with Crippen molar-refractivity contribution < 1.29 is 29.7 Å². The second-order valence-corrected chi connectivity index (χ2v) is 9.03. The molecule has 0 N–H and O–H groups in total. The maximum absolute atomic E-state index is 11.7. The Morgan fingerprint density at radius 2 is 0.848 bits per heavy atom. The van der Waals surface area contributed by atoms with Crippen molar-refractivity contribution in [3.63, 3.8) is 0 Å². The van der Waals surface area contributed by atoms with Crippen molar-refractivity contribution in [2.45, 2.75) is 0 Å². The van der Waals surface area contributed by atoms with E-state index >= 15 is 0 Å². The third-order valence-corrected chi connectivity index (χ3v) is 6.96. The topological polar surface area (TPSA) is 71.9 Å². The summed E-state index contributed by atoms with van der Waals surface area (Å²) < 4.78 is 2.22. The van der Waals surface area contributed by atoms with Gasteiger partial charge in [-0.05, 0) is 24.3 Å². The zero-order valence-electron chi connectivity index (χ0n) is 17.5. The second kappa shape index (κ2) is 10.2. The molecule has 4 aromatic carbocycles. The summed E-state index contributed by atoms with van der Waals surface area (Å²) in [4.78, 5) is 8.92. The van der Waals surface area contributed by atoms with Gasteiger partial charge in [-0.2, -0.15) is 0 Å². The molecule has 6 aromatic rings. The Morgan fingerprint density at radius 1 is 0.485 bits per heavy atom. The van der Waals surface area contributed by atoms with Gasteiger partial charge in [0.05, 0.1) is 20.4 Å². The number of aromatic nitrogens is 2. The van der Waals surface area contributed by atoms with Crippen LogP contribution in [-0.2, 0) is 19.5 Å². The molecule has 0 spiro atoms. The Bertz CT molecular complexity index is 1350. The van der Waals surface area contributed by atoms with Crippen LogP contribution in [0.1, 0.15) is 0 Å². The standard InChI is InChI=1S/2C13H9NOS.Zn/c2*15-11-7-3-1-5-9(11)13-14-10-6-2-4-8-12(10)16-13;/h2*1-8,15H;/q;;+2/p-2. The molecule has 0 fully saturated rings. The van der Waals surface area contributed by atoms with Gasteiger partial charge in [-0.3, -0.25) is 0 Å². The summed E-state index contributed by atoms with van der Waals surface area (Å²) in [5.74, 6) is 0.0584. The fourth-order valence-electron chi connectivity index (χ4n) is 3.26. The van der Waals surface area contributed by atoms with E-state index in [9.17, 15) is 10.2 Å². The van der Waals surface area contributed by atoms with Crippen molar-refractivity contribution in [2.24, 2.45) is 0 Å². The molecule has 156 valence electrons. The number of fused-ring (bicyclic) bond motifs is 2. The zero-order valence-corrected chi connectivity index (χ0v) is 22.1. The number of para-hydroxylation sites is 4. The predicted molar refractivity (Wildman–Crippen MR) is 129 cm³/mol. The van der Waals surface area contributed by atoms with Gasteiger partial charge in [-0.25, -0.2) is 9.97 Å². The molecule has 6 rings (SSSR count). The van der Waals surface area contributed by atoms with Gasteiger partial charge in [-0.1, -0.05) is 84.3 Å². The molecule has 0 amide bonds. The van der Waals surface area contributed by atoms with Crippen LogP contribution in [-0.4, -0.2) is 9.97 Å². The molecule has 33 heavy (non-hydrogen) atoms. The molecule has 0 bridgehead atoms. The SMILES string of the molecule is [O-]c1ccccc1-c1nc2ccccc2s1.[O-]c1ccccc1-c1nc2ccccc2s1.[Zn+2]. The van der Waals surface area contributed by atoms with Crippen LogP contribution < -0.4 is 10.2 Å². The first kappa shape index (κ1) is 23.1. The van der Waals surface area contributed by atoms with E-state index in [1.807, 2.05) is 72.8 Å². The first-order valence-electron chi connectivity index (χ1n) is 9.93. The van der Waals surface area contributed by atoms with Crippen LogP contribution in [0.4, 0.5) is 0 Å². The first-order chi connectivity index (χ1) is 15.7. The normalized spacial score (nSPS) is 10.4. The number of thiazole rings is 2. The van der Waals surface area contributed by atoms with Gasteiger partial charge in [-0.15, -0.1) is 22.7 Å². The minimum atomic E-state index is 0. The second-order valence-electron chi connectivity index (χ2n) is 6.97. The predicted octanol–water partition coefficient (Wildman–Crippen LogP) is 6.07. The average Bonchev–Trinajstić information content (AvgIpc) is 3.44. The van der Waals surface area contributed by atoms with Crippen LogP contribution in [0.15, 0.2) is 97.1 Å². The third-order valence-electron chi connectivity index (χ3n) is 4.82. The molecule has 0 saturated carbocycles. The van der Waals surface area contributed by atoms with Crippen molar-refractivity contribution in [1.82, 2.24) is 9.97 Å². The largest absolute Gasteiger partial charge is 2.00 e. The van der Waals surface area contributed by atoms with E-state index in [0.29, 0.717) is 11.1 Å². The Morgan fingerprint density at radius 3 is 1.24 bits per heavy atom. The van der Waals surface area contributed by atoms with Crippen molar-refractivity contribution in [1.29, 1.82) is 0 Å². The Balaban J connectivity index is 0.000000152. The van der Waals surface area contributed by atoms with Gasteiger partial charge >= 0.3 is 19.5 Å². The van der Waals surface area contributed by atoms with Gasteiger partial charge in [0.15, 0.2) is 0 Å². The van der Waals surface area contributed by atoms with Crippen molar-refractivity contribution >= 4 is 43.1 Å². The fraction of sp³-hybridized carbons (Fsp3) is 0. The van der Waals surface area contributed by atoms with Crippen LogP contribution in [0, 0.1) is 0 Å². The molecule has 2 heterocycles. The summed E-state index contributed by atoms with van der Waals surface area (Å²) in [5.41, 5.74) is 3.27.